The van der Waals surface area contributed by atoms with Crippen molar-refractivity contribution in [2.75, 3.05) is 20.2 Å². The number of hydrogen-bond acceptors (Lipinski definition) is 10. The van der Waals surface area contributed by atoms with Crippen molar-refractivity contribution in [3.8, 4) is 5.75 Å². The van der Waals surface area contributed by atoms with Gasteiger partial charge in [-0.15, -0.1) is 0 Å². The molecule has 2 aromatic rings. The van der Waals surface area contributed by atoms with Crippen LogP contribution in [0.2, 0.25) is 0 Å². The van der Waals surface area contributed by atoms with Crippen LogP contribution in [0.1, 0.15) is 111 Å². The molecule has 2 unspecified atom stereocenters. The summed E-state index contributed by atoms with van der Waals surface area (Å²) in [5.41, 5.74) is 4.86. The van der Waals surface area contributed by atoms with Gasteiger partial charge in [0.1, 0.15) is 23.9 Å². The number of carbonyl (C=O) groups excluding carboxylic acids is 7. The van der Waals surface area contributed by atoms with E-state index in [1.54, 1.807) is 25.1 Å². The number of methoxy groups -OCH3 is 1. The molecule has 5 atom stereocenters. The molecule has 1 heterocycles. The van der Waals surface area contributed by atoms with E-state index in [4.69, 9.17) is 15.2 Å². The van der Waals surface area contributed by atoms with E-state index in [2.05, 4.69) is 21.3 Å². The number of ketones is 1. The Balaban J connectivity index is 1.52. The summed E-state index contributed by atoms with van der Waals surface area (Å²) in [6.45, 7) is 6.55. The number of benzene rings is 2. The van der Waals surface area contributed by atoms with Gasteiger partial charge < -0.3 is 46.5 Å². The lowest BCUT2D eigenvalue weighted by Gasteiger charge is -2.35. The first kappa shape index (κ1) is 45.9. The first-order chi connectivity index (χ1) is 27.9. The van der Waals surface area contributed by atoms with E-state index in [0.29, 0.717) is 30.6 Å². The number of carboxylic acid groups (broad SMARTS) is 1. The number of likely N-dealkylation sites (tertiary alicyclic amines) is 1. The molecule has 0 bridgehead atoms. The number of nitrogens with two attached hydrogens (primary N) is 1. The van der Waals surface area contributed by atoms with Crippen LogP contribution < -0.4 is 31.7 Å². The van der Waals surface area contributed by atoms with Gasteiger partial charge in [0.2, 0.25) is 29.4 Å². The van der Waals surface area contributed by atoms with E-state index >= 15 is 0 Å². The lowest BCUT2D eigenvalue weighted by atomic mass is 9.83. The SMILES string of the molecule is CCCC(NC(=O)[C@@H]1C[C@@H](OC(C)(C)C)CN1C(=O)[C@@H](NC(=O)c1ccccc1C(=O)O)C1CCCCC1)C(=O)C(=O)NCC(=O)NC(C(N)=O)c1cccc(OC)c1. The van der Waals surface area contributed by atoms with E-state index in [1.807, 2.05) is 20.8 Å². The number of aromatic carboxylic acids is 1. The third-order valence-corrected chi connectivity index (χ3v) is 10.3. The Morgan fingerprint density at radius 2 is 1.59 bits per heavy atom. The van der Waals surface area contributed by atoms with Crippen molar-refractivity contribution < 1.29 is 52.9 Å². The molecule has 1 aliphatic carbocycles. The Morgan fingerprint density at radius 3 is 2.20 bits per heavy atom. The summed E-state index contributed by atoms with van der Waals surface area (Å²) < 4.78 is 11.4. The van der Waals surface area contributed by atoms with Crippen LogP contribution in [0.4, 0.5) is 0 Å². The smallest absolute Gasteiger partial charge is 0.336 e. The predicted octanol–water partition coefficient (Wildman–Crippen LogP) is 2.17. The summed E-state index contributed by atoms with van der Waals surface area (Å²) >= 11 is 0. The molecule has 6 amide bonds. The Hall–Kier alpha value is -5.84. The number of carboxylic acids is 1. The highest BCUT2D eigenvalue weighted by atomic mass is 16.5. The van der Waals surface area contributed by atoms with Gasteiger partial charge in [0, 0.05) is 13.0 Å². The van der Waals surface area contributed by atoms with E-state index < -0.39 is 89.6 Å². The number of nitrogens with one attached hydrogen (secondary N) is 4. The molecule has 17 heteroatoms. The quantitative estimate of drug-likeness (QED) is 0.119. The number of amides is 6. The zero-order valence-corrected chi connectivity index (χ0v) is 34.2. The maximum Gasteiger partial charge on any atom is 0.336 e. The Bertz CT molecular complexity index is 1890. The Kier molecular flexibility index (Phi) is 16.1. The second-order valence-electron chi connectivity index (χ2n) is 15.9. The summed E-state index contributed by atoms with van der Waals surface area (Å²) in [5, 5.41) is 19.9. The minimum Gasteiger partial charge on any atom is -0.497 e. The summed E-state index contributed by atoms with van der Waals surface area (Å²) in [5.74, 6) is -7.07. The average Bonchev–Trinajstić information content (AvgIpc) is 3.62. The molecule has 2 aliphatic rings. The molecule has 2 aromatic carbocycles. The van der Waals surface area contributed by atoms with E-state index in [0.717, 1.165) is 19.3 Å². The summed E-state index contributed by atoms with van der Waals surface area (Å²) in [7, 11) is 1.43. The molecule has 320 valence electrons. The Labute approximate surface area is 343 Å². The van der Waals surface area contributed by atoms with Crippen LogP contribution in [0, 0.1) is 5.92 Å². The first-order valence-corrected chi connectivity index (χ1v) is 19.9. The van der Waals surface area contributed by atoms with Crippen LogP contribution in [0.25, 0.3) is 0 Å². The molecule has 0 aromatic heterocycles. The normalized spacial score (nSPS) is 18.4. The summed E-state index contributed by atoms with van der Waals surface area (Å²) in [6.07, 6.45) is 3.69. The minimum absolute atomic E-state index is 0.0109. The van der Waals surface area contributed by atoms with Crippen molar-refractivity contribution in [2.45, 2.75) is 115 Å². The first-order valence-electron chi connectivity index (χ1n) is 19.9. The number of nitrogens with zero attached hydrogens (tertiary/aromatic N) is 1. The van der Waals surface area contributed by atoms with Crippen LogP contribution >= 0.6 is 0 Å². The van der Waals surface area contributed by atoms with Gasteiger partial charge in [0.15, 0.2) is 0 Å². The van der Waals surface area contributed by atoms with Crippen LogP contribution in [-0.2, 0) is 33.5 Å². The van der Waals surface area contributed by atoms with Gasteiger partial charge in [-0.25, -0.2) is 4.79 Å². The van der Waals surface area contributed by atoms with Crippen LogP contribution in [-0.4, -0.2) is 107 Å². The number of hydrogen-bond donors (Lipinski definition) is 6. The van der Waals surface area contributed by atoms with E-state index in [-0.39, 0.29) is 36.4 Å². The number of carbonyl (C=O) groups is 8. The van der Waals surface area contributed by atoms with Crippen molar-refractivity contribution in [1.82, 2.24) is 26.2 Å². The monoisotopic (exact) mass is 820 g/mol. The molecule has 0 radical (unpaired) electrons. The molecule has 59 heavy (non-hydrogen) atoms. The molecular weight excluding hydrogens is 764 g/mol. The van der Waals surface area contributed by atoms with Crippen molar-refractivity contribution >= 4 is 47.2 Å². The standard InChI is InChI=1S/C42H56N6O11/c1-6-13-30(35(50)39(54)44-22-32(49)46-33(36(43)51)25-16-12-17-26(20-25)58-5)45-38(53)31-21-27(59-42(2,3)4)23-48(31)40(55)34(24-14-8-7-9-15-24)47-37(52)28-18-10-11-19-29(28)41(56)57/h10-12,16-20,24,27,30-31,33-34H,6-9,13-15,21-23H2,1-5H3,(H2,43,51)(H,44,54)(H,45,53)(H,46,49)(H,47,52)(H,56,57)/t27-,30?,31+,33?,34+/m1/s1. The maximum atomic E-state index is 14.7. The van der Waals surface area contributed by atoms with Gasteiger partial charge in [0.25, 0.3) is 11.8 Å². The maximum absolute atomic E-state index is 14.7. The zero-order valence-electron chi connectivity index (χ0n) is 34.2. The molecule has 0 spiro atoms. The molecule has 7 N–H and O–H groups in total. The average molecular weight is 821 g/mol. The Morgan fingerprint density at radius 1 is 0.915 bits per heavy atom. The fourth-order valence-electron chi connectivity index (χ4n) is 7.57. The van der Waals surface area contributed by atoms with Crippen LogP contribution in [0.5, 0.6) is 5.75 Å². The summed E-state index contributed by atoms with van der Waals surface area (Å²) in [4.78, 5) is 107. The zero-order chi connectivity index (χ0) is 43.4. The molecule has 1 aliphatic heterocycles. The lowest BCUT2D eigenvalue weighted by molar-refractivity contribution is -0.143. The number of primary amides is 1. The third kappa shape index (κ3) is 12.6. The topological polar surface area (TPSA) is 253 Å². The predicted molar refractivity (Wildman–Crippen MR) is 214 cm³/mol. The van der Waals surface area contributed by atoms with Gasteiger partial charge in [-0.3, -0.25) is 33.6 Å². The van der Waals surface area contributed by atoms with Gasteiger partial charge in [-0.2, -0.15) is 0 Å². The van der Waals surface area contributed by atoms with E-state index in [1.165, 1.54) is 42.3 Å². The molecule has 1 saturated carbocycles. The number of Topliss-reactive ketones (excluding diaryl/α,β-unsaturated/α-hetero) is 1. The van der Waals surface area contributed by atoms with Gasteiger partial charge >= 0.3 is 5.97 Å². The third-order valence-electron chi connectivity index (χ3n) is 10.3. The molecule has 17 nitrogen and oxygen atoms in total. The second kappa shape index (κ2) is 20.7. The van der Waals surface area contributed by atoms with Crippen molar-refractivity contribution in [1.29, 1.82) is 0 Å². The minimum atomic E-state index is -1.33. The van der Waals surface area contributed by atoms with Crippen LogP contribution in [0.3, 0.4) is 0 Å². The largest absolute Gasteiger partial charge is 0.497 e. The molecule has 2 fully saturated rings. The highest BCUT2D eigenvalue weighted by Crippen LogP contribution is 2.31. The highest BCUT2D eigenvalue weighted by molar-refractivity contribution is 6.38. The van der Waals surface area contributed by atoms with Gasteiger partial charge in [-0.1, -0.05) is 56.9 Å². The van der Waals surface area contributed by atoms with Crippen molar-refractivity contribution in [3.05, 3.63) is 65.2 Å². The number of rotatable bonds is 18. The molecular formula is C42H56N6O11. The second-order valence-corrected chi connectivity index (χ2v) is 15.9. The van der Waals surface area contributed by atoms with Crippen molar-refractivity contribution in [2.24, 2.45) is 11.7 Å². The van der Waals surface area contributed by atoms with Crippen LogP contribution in [0.15, 0.2) is 48.5 Å². The van der Waals surface area contributed by atoms with Gasteiger partial charge in [0.05, 0.1) is 42.5 Å². The highest BCUT2D eigenvalue weighted by Gasteiger charge is 2.46. The lowest BCUT2D eigenvalue weighted by Crippen LogP contribution is -2.58. The fourth-order valence-corrected chi connectivity index (χ4v) is 7.57. The molecule has 1 saturated heterocycles. The summed E-state index contributed by atoms with van der Waals surface area (Å²) in [6, 6.07) is 7.17. The molecule has 4 rings (SSSR count). The fraction of sp³-hybridized carbons (Fsp3) is 0.524. The number of ether oxygens (including phenoxy) is 2. The van der Waals surface area contributed by atoms with Crippen molar-refractivity contribution in [3.63, 3.8) is 0 Å². The van der Waals surface area contributed by atoms with Gasteiger partial charge in [-0.05, 0) is 75.8 Å². The van der Waals surface area contributed by atoms with E-state index in [9.17, 15) is 43.5 Å².